The summed E-state index contributed by atoms with van der Waals surface area (Å²) >= 11 is 1.30. The van der Waals surface area contributed by atoms with Crippen LogP contribution < -0.4 is 5.32 Å². The Morgan fingerprint density at radius 2 is 2.24 bits per heavy atom. The number of furan rings is 1. The Balaban J connectivity index is 2.09. The van der Waals surface area contributed by atoms with Crippen molar-refractivity contribution in [3.05, 3.63) is 18.1 Å². The van der Waals surface area contributed by atoms with Gasteiger partial charge in [0.2, 0.25) is 5.91 Å². The second-order valence-electron chi connectivity index (χ2n) is 6.25. The lowest BCUT2D eigenvalue weighted by Crippen LogP contribution is -2.49. The van der Waals surface area contributed by atoms with Crippen molar-refractivity contribution >= 4 is 17.7 Å². The fourth-order valence-corrected chi connectivity index (χ4v) is 3.06. The highest BCUT2D eigenvalue weighted by Crippen LogP contribution is 2.27. The van der Waals surface area contributed by atoms with Gasteiger partial charge in [0.1, 0.15) is 11.3 Å². The first-order chi connectivity index (χ1) is 11.8. The zero-order valence-electron chi connectivity index (χ0n) is 15.2. The van der Waals surface area contributed by atoms with Crippen molar-refractivity contribution in [2.45, 2.75) is 51.9 Å². The second kappa shape index (κ2) is 7.74. The molecule has 2 aromatic rings. The van der Waals surface area contributed by atoms with Crippen molar-refractivity contribution in [1.82, 2.24) is 20.1 Å². The van der Waals surface area contributed by atoms with Gasteiger partial charge in [-0.3, -0.25) is 4.79 Å². The summed E-state index contributed by atoms with van der Waals surface area (Å²) < 4.78 is 7.28. The van der Waals surface area contributed by atoms with Gasteiger partial charge < -0.3 is 14.3 Å². The Bertz CT molecular complexity index is 789. The lowest BCUT2D eigenvalue weighted by Gasteiger charge is -2.27. The molecular weight excluding hydrogens is 338 g/mol. The van der Waals surface area contributed by atoms with E-state index in [4.69, 9.17) is 4.42 Å². The highest BCUT2D eigenvalue weighted by molar-refractivity contribution is 7.99. The van der Waals surface area contributed by atoms with Crippen LogP contribution in [0.15, 0.2) is 21.9 Å². The normalized spacial score (nSPS) is 13.5. The van der Waals surface area contributed by atoms with Gasteiger partial charge in [-0.2, -0.15) is 5.26 Å². The predicted molar refractivity (Wildman–Crippen MR) is 95.9 cm³/mol. The third-order valence-corrected chi connectivity index (χ3v) is 5.22. The van der Waals surface area contributed by atoms with Crippen LogP contribution in [0.3, 0.4) is 0 Å². The van der Waals surface area contributed by atoms with E-state index in [0.29, 0.717) is 11.7 Å². The Hall–Kier alpha value is -2.27. The summed E-state index contributed by atoms with van der Waals surface area (Å²) in [6, 6.07) is 4.03. The standard InChI is InChI=1S/C17H23N5O2S/c1-6-22-15(13-7-8-24-12(13)4)20-21-16(22)25-9-14(23)19-17(5,10-18)11(2)3/h7-8,11H,6,9H2,1-5H3,(H,19,23)/t17-/m1/s1. The lowest BCUT2D eigenvalue weighted by atomic mass is 9.90. The summed E-state index contributed by atoms with van der Waals surface area (Å²) in [7, 11) is 0. The summed E-state index contributed by atoms with van der Waals surface area (Å²) in [6.45, 7) is 10.1. The number of aryl methyl sites for hydroxylation is 1. The van der Waals surface area contributed by atoms with Crippen molar-refractivity contribution < 1.29 is 9.21 Å². The molecule has 7 nitrogen and oxygen atoms in total. The van der Waals surface area contributed by atoms with E-state index in [1.165, 1.54) is 11.8 Å². The number of rotatable bonds is 7. The number of aromatic nitrogens is 3. The minimum absolute atomic E-state index is 0.0152. The van der Waals surface area contributed by atoms with E-state index in [0.717, 1.165) is 17.1 Å². The fraction of sp³-hybridized carbons (Fsp3) is 0.529. The number of nitrogens with one attached hydrogen (secondary N) is 1. The van der Waals surface area contributed by atoms with Crippen molar-refractivity contribution in [3.63, 3.8) is 0 Å². The van der Waals surface area contributed by atoms with E-state index in [9.17, 15) is 10.1 Å². The van der Waals surface area contributed by atoms with Crippen LogP contribution >= 0.6 is 11.8 Å². The zero-order valence-corrected chi connectivity index (χ0v) is 16.0. The molecule has 0 fully saturated rings. The Labute approximate surface area is 151 Å². The minimum Gasteiger partial charge on any atom is -0.469 e. The van der Waals surface area contributed by atoms with Gasteiger partial charge in [0, 0.05) is 6.54 Å². The zero-order chi connectivity index (χ0) is 18.6. The van der Waals surface area contributed by atoms with Gasteiger partial charge in [-0.25, -0.2) is 0 Å². The molecule has 8 heteroatoms. The van der Waals surface area contributed by atoms with Crippen LogP contribution in [0.2, 0.25) is 0 Å². The molecule has 0 aromatic carbocycles. The van der Waals surface area contributed by atoms with Gasteiger partial charge in [0.25, 0.3) is 0 Å². The van der Waals surface area contributed by atoms with Crippen LogP contribution in [0, 0.1) is 24.2 Å². The SMILES string of the molecule is CCn1c(SCC(=O)N[C@](C)(C#N)C(C)C)nnc1-c1ccoc1C. The number of amides is 1. The number of nitriles is 1. The molecule has 25 heavy (non-hydrogen) atoms. The van der Waals surface area contributed by atoms with E-state index in [2.05, 4.69) is 21.6 Å². The predicted octanol–water partition coefficient (Wildman–Crippen LogP) is 3.01. The number of carbonyl (C=O) groups excluding carboxylic acids is 1. The minimum atomic E-state index is -0.880. The molecule has 0 saturated carbocycles. The summed E-state index contributed by atoms with van der Waals surface area (Å²) in [5, 5.41) is 21.2. The Morgan fingerprint density at radius 1 is 1.52 bits per heavy atom. The number of hydrogen-bond donors (Lipinski definition) is 1. The van der Waals surface area contributed by atoms with Crippen LogP contribution in [-0.4, -0.2) is 32.0 Å². The molecule has 2 rings (SSSR count). The molecule has 2 heterocycles. The number of hydrogen-bond acceptors (Lipinski definition) is 6. The quantitative estimate of drug-likeness (QED) is 0.762. The molecule has 0 unspecified atom stereocenters. The fourth-order valence-electron chi connectivity index (χ4n) is 2.25. The van der Waals surface area contributed by atoms with Crippen molar-refractivity contribution in [3.8, 4) is 17.5 Å². The molecule has 0 aliphatic rings. The van der Waals surface area contributed by atoms with E-state index >= 15 is 0 Å². The molecule has 2 aromatic heterocycles. The van der Waals surface area contributed by atoms with Gasteiger partial charge in [-0.05, 0) is 32.8 Å². The maximum absolute atomic E-state index is 12.2. The van der Waals surface area contributed by atoms with Crippen molar-refractivity contribution in [2.24, 2.45) is 5.92 Å². The van der Waals surface area contributed by atoms with Gasteiger partial charge in [-0.15, -0.1) is 10.2 Å². The molecule has 1 atom stereocenters. The molecule has 0 aliphatic heterocycles. The molecule has 0 spiro atoms. The van der Waals surface area contributed by atoms with Gasteiger partial charge in [0.05, 0.1) is 23.6 Å². The summed E-state index contributed by atoms with van der Waals surface area (Å²) in [5.41, 5.74) is 0.0114. The van der Waals surface area contributed by atoms with E-state index in [1.54, 1.807) is 13.2 Å². The van der Waals surface area contributed by atoms with Gasteiger partial charge in [-0.1, -0.05) is 25.6 Å². The monoisotopic (exact) mass is 361 g/mol. The molecule has 0 saturated heterocycles. The van der Waals surface area contributed by atoms with Crippen molar-refractivity contribution in [2.75, 3.05) is 5.75 Å². The first-order valence-corrected chi connectivity index (χ1v) is 9.13. The van der Waals surface area contributed by atoms with Gasteiger partial charge in [0.15, 0.2) is 11.0 Å². The maximum atomic E-state index is 12.2. The van der Waals surface area contributed by atoms with Crippen LogP contribution in [-0.2, 0) is 11.3 Å². The lowest BCUT2D eigenvalue weighted by molar-refractivity contribution is -0.120. The summed E-state index contributed by atoms with van der Waals surface area (Å²) in [5.74, 6) is 1.49. The van der Waals surface area contributed by atoms with Crippen molar-refractivity contribution in [1.29, 1.82) is 5.26 Å². The van der Waals surface area contributed by atoms with E-state index in [-0.39, 0.29) is 17.6 Å². The topological polar surface area (TPSA) is 96.7 Å². The third-order valence-electron chi connectivity index (χ3n) is 4.25. The molecule has 0 radical (unpaired) electrons. The maximum Gasteiger partial charge on any atom is 0.231 e. The molecular formula is C17H23N5O2S. The number of thioether (sulfide) groups is 1. The smallest absolute Gasteiger partial charge is 0.231 e. The molecule has 134 valence electrons. The molecule has 0 bridgehead atoms. The molecule has 1 N–H and O–H groups in total. The third kappa shape index (κ3) is 4.04. The van der Waals surface area contributed by atoms with Crippen LogP contribution in [0.4, 0.5) is 0 Å². The second-order valence-corrected chi connectivity index (χ2v) is 7.19. The average molecular weight is 361 g/mol. The largest absolute Gasteiger partial charge is 0.469 e. The summed E-state index contributed by atoms with van der Waals surface area (Å²) in [6.07, 6.45) is 1.62. The first kappa shape index (κ1) is 19.1. The highest BCUT2D eigenvalue weighted by Gasteiger charge is 2.30. The van der Waals surface area contributed by atoms with Gasteiger partial charge >= 0.3 is 0 Å². The van der Waals surface area contributed by atoms with E-state index < -0.39 is 5.54 Å². The van der Waals surface area contributed by atoms with Crippen LogP contribution in [0.1, 0.15) is 33.5 Å². The summed E-state index contributed by atoms with van der Waals surface area (Å²) in [4.78, 5) is 12.2. The molecule has 1 amide bonds. The van der Waals surface area contributed by atoms with E-state index in [1.807, 2.05) is 38.3 Å². The molecule has 0 aliphatic carbocycles. The van der Waals surface area contributed by atoms with Crippen LogP contribution in [0.25, 0.3) is 11.4 Å². The number of nitrogens with zero attached hydrogens (tertiary/aromatic N) is 4. The number of carbonyl (C=O) groups is 1. The Kier molecular flexibility index (Phi) is 5.90. The van der Waals surface area contributed by atoms with Crippen LogP contribution in [0.5, 0.6) is 0 Å². The Morgan fingerprint density at radius 3 is 2.76 bits per heavy atom. The average Bonchev–Trinajstić information content (AvgIpc) is 3.17. The first-order valence-electron chi connectivity index (χ1n) is 8.15. The highest BCUT2D eigenvalue weighted by atomic mass is 32.2.